The van der Waals surface area contributed by atoms with Gasteiger partial charge in [-0.3, -0.25) is 4.79 Å². The van der Waals surface area contributed by atoms with Crippen molar-refractivity contribution in [3.8, 4) is 10.7 Å². The number of hydrogen-bond donors (Lipinski definition) is 1. The maximum Gasteiger partial charge on any atom is 0.251 e. The molecule has 0 saturated carbocycles. The highest BCUT2D eigenvalue weighted by molar-refractivity contribution is 7.14. The third kappa shape index (κ3) is 2.33. The second-order valence-corrected chi connectivity index (χ2v) is 5.15. The fraction of sp³-hybridized carbons (Fsp3) is 0.273. The number of halogens is 1. The highest BCUT2D eigenvalue weighted by atomic mass is 35.5. The lowest BCUT2D eigenvalue weighted by Crippen LogP contribution is -2.10. The Bertz CT molecular complexity index is 559. The first-order valence-corrected chi connectivity index (χ1v) is 6.17. The smallest absolute Gasteiger partial charge is 0.251 e. The Balaban J connectivity index is 2.53. The summed E-state index contributed by atoms with van der Waals surface area (Å²) in [5.74, 6) is 0.824. The largest absolute Gasteiger partial charge is 0.306 e. The number of aromatic amines is 1. The molecule has 84 valence electrons. The Hall–Kier alpha value is -1.13. The van der Waals surface area contributed by atoms with Crippen LogP contribution in [0.5, 0.6) is 0 Å². The molecule has 2 rings (SSSR count). The van der Waals surface area contributed by atoms with E-state index in [-0.39, 0.29) is 11.5 Å². The molecule has 0 aliphatic carbocycles. The third-order valence-corrected chi connectivity index (χ3v) is 3.44. The molecule has 0 aliphatic rings. The molecule has 0 amide bonds. The van der Waals surface area contributed by atoms with Gasteiger partial charge in [-0.1, -0.05) is 25.4 Å². The normalized spacial score (nSPS) is 11.0. The molecule has 3 nitrogen and oxygen atoms in total. The topological polar surface area (TPSA) is 45.8 Å². The van der Waals surface area contributed by atoms with Crippen LogP contribution in [0.15, 0.2) is 22.3 Å². The summed E-state index contributed by atoms with van der Waals surface area (Å²) >= 11 is 7.31. The van der Waals surface area contributed by atoms with Gasteiger partial charge in [0, 0.05) is 11.4 Å². The summed E-state index contributed by atoms with van der Waals surface area (Å²) in [5.41, 5.74) is 0.668. The third-order valence-electron chi connectivity index (χ3n) is 2.15. The molecule has 5 heteroatoms. The molecule has 0 fully saturated rings. The summed E-state index contributed by atoms with van der Waals surface area (Å²) in [7, 11) is 0. The summed E-state index contributed by atoms with van der Waals surface area (Å²) in [6, 6.07) is 3.33. The maximum absolute atomic E-state index is 11.5. The van der Waals surface area contributed by atoms with Gasteiger partial charge in [-0.25, -0.2) is 4.98 Å². The van der Waals surface area contributed by atoms with Crippen LogP contribution < -0.4 is 5.56 Å². The van der Waals surface area contributed by atoms with Crippen LogP contribution in [0.1, 0.15) is 25.5 Å². The van der Waals surface area contributed by atoms with Crippen LogP contribution in [0.4, 0.5) is 0 Å². The van der Waals surface area contributed by atoms with Gasteiger partial charge in [0.25, 0.3) is 5.56 Å². The number of thiophene rings is 1. The predicted octanol–water partition coefficient (Wildman–Crippen LogP) is 3.28. The van der Waals surface area contributed by atoms with Crippen LogP contribution in [0, 0.1) is 0 Å². The Morgan fingerprint density at radius 2 is 2.19 bits per heavy atom. The number of nitrogens with zero attached hydrogens (tertiary/aromatic N) is 1. The van der Waals surface area contributed by atoms with Crippen molar-refractivity contribution < 1.29 is 0 Å². The molecule has 0 aliphatic heterocycles. The van der Waals surface area contributed by atoms with Crippen molar-refractivity contribution in [3.05, 3.63) is 38.6 Å². The van der Waals surface area contributed by atoms with Crippen LogP contribution in [-0.2, 0) is 0 Å². The van der Waals surface area contributed by atoms with E-state index in [0.717, 1.165) is 10.6 Å². The van der Waals surface area contributed by atoms with Gasteiger partial charge < -0.3 is 4.98 Å². The Morgan fingerprint density at radius 3 is 2.75 bits per heavy atom. The average molecular weight is 255 g/mol. The first kappa shape index (κ1) is 11.4. The molecule has 0 saturated heterocycles. The van der Waals surface area contributed by atoms with Crippen molar-refractivity contribution >= 4 is 22.9 Å². The highest BCUT2D eigenvalue weighted by Gasteiger charge is 2.08. The van der Waals surface area contributed by atoms with E-state index in [1.165, 1.54) is 17.4 Å². The second kappa shape index (κ2) is 4.39. The van der Waals surface area contributed by atoms with E-state index >= 15 is 0 Å². The quantitative estimate of drug-likeness (QED) is 0.894. The average Bonchev–Trinajstić information content (AvgIpc) is 2.64. The van der Waals surface area contributed by atoms with E-state index in [1.807, 2.05) is 19.2 Å². The Kier molecular flexibility index (Phi) is 3.12. The van der Waals surface area contributed by atoms with Crippen LogP contribution in [0.2, 0.25) is 5.02 Å². The first-order chi connectivity index (χ1) is 7.56. The van der Waals surface area contributed by atoms with Gasteiger partial charge in [0.15, 0.2) is 5.82 Å². The molecule has 0 aromatic carbocycles. The first-order valence-electron chi connectivity index (χ1n) is 4.92. The van der Waals surface area contributed by atoms with Crippen molar-refractivity contribution in [2.45, 2.75) is 19.8 Å². The Morgan fingerprint density at radius 1 is 1.44 bits per heavy atom. The minimum atomic E-state index is -0.127. The molecular formula is C11H11ClN2OS. The summed E-state index contributed by atoms with van der Waals surface area (Å²) < 4.78 is 0. The lowest BCUT2D eigenvalue weighted by atomic mass is 10.1. The number of aromatic nitrogens is 2. The molecular weight excluding hydrogens is 244 g/mol. The van der Waals surface area contributed by atoms with Gasteiger partial charge in [-0.15, -0.1) is 11.3 Å². The zero-order valence-corrected chi connectivity index (χ0v) is 10.5. The van der Waals surface area contributed by atoms with Gasteiger partial charge in [0.1, 0.15) is 0 Å². The van der Waals surface area contributed by atoms with Crippen LogP contribution >= 0.6 is 22.9 Å². The van der Waals surface area contributed by atoms with Gasteiger partial charge in [0.05, 0.1) is 15.6 Å². The number of rotatable bonds is 2. The molecule has 0 unspecified atom stereocenters. The number of H-pyrrole nitrogens is 1. The van der Waals surface area contributed by atoms with E-state index in [0.29, 0.717) is 10.8 Å². The standard InChI is InChI=1S/C11H11ClN2OS/c1-6(2)8-4-10(15)14-11(13-8)9-3-7(12)5-16-9/h3-6H,1-2H3,(H,13,14,15). The fourth-order valence-corrected chi connectivity index (χ4v) is 2.34. The minimum absolute atomic E-state index is 0.127. The zero-order chi connectivity index (χ0) is 11.7. The van der Waals surface area contributed by atoms with E-state index < -0.39 is 0 Å². The van der Waals surface area contributed by atoms with Crippen molar-refractivity contribution in [3.63, 3.8) is 0 Å². The molecule has 16 heavy (non-hydrogen) atoms. The maximum atomic E-state index is 11.5. The van der Waals surface area contributed by atoms with Gasteiger partial charge >= 0.3 is 0 Å². The van der Waals surface area contributed by atoms with Crippen LogP contribution in [0.3, 0.4) is 0 Å². The molecule has 0 atom stereocenters. The molecule has 0 spiro atoms. The van der Waals surface area contributed by atoms with Crippen LogP contribution in [-0.4, -0.2) is 9.97 Å². The molecule has 2 aromatic heterocycles. The summed E-state index contributed by atoms with van der Waals surface area (Å²) in [6.45, 7) is 4.01. The summed E-state index contributed by atoms with van der Waals surface area (Å²) in [5, 5.41) is 2.48. The van der Waals surface area contributed by atoms with E-state index in [9.17, 15) is 4.79 Å². The lowest BCUT2D eigenvalue weighted by molar-refractivity contribution is 0.812. The van der Waals surface area contributed by atoms with E-state index in [1.54, 1.807) is 6.07 Å². The number of hydrogen-bond acceptors (Lipinski definition) is 3. The van der Waals surface area contributed by atoms with E-state index in [2.05, 4.69) is 9.97 Å². The van der Waals surface area contributed by atoms with Crippen molar-refractivity contribution in [1.29, 1.82) is 0 Å². The molecule has 1 N–H and O–H groups in total. The second-order valence-electron chi connectivity index (χ2n) is 3.80. The van der Waals surface area contributed by atoms with Crippen molar-refractivity contribution in [2.24, 2.45) is 0 Å². The lowest BCUT2D eigenvalue weighted by Gasteiger charge is -2.05. The molecule has 2 heterocycles. The van der Waals surface area contributed by atoms with Gasteiger partial charge in [0.2, 0.25) is 0 Å². The minimum Gasteiger partial charge on any atom is -0.306 e. The highest BCUT2D eigenvalue weighted by Crippen LogP contribution is 2.27. The summed E-state index contributed by atoms with van der Waals surface area (Å²) in [4.78, 5) is 19.5. The van der Waals surface area contributed by atoms with Crippen LogP contribution in [0.25, 0.3) is 10.7 Å². The SMILES string of the molecule is CC(C)c1cc(=O)[nH]c(-c2cc(Cl)cs2)n1. The summed E-state index contributed by atoms with van der Waals surface area (Å²) in [6.07, 6.45) is 0. The van der Waals surface area contributed by atoms with Gasteiger partial charge in [-0.2, -0.15) is 0 Å². The van der Waals surface area contributed by atoms with Crippen molar-refractivity contribution in [2.75, 3.05) is 0 Å². The Labute approximate surface area is 102 Å². The van der Waals surface area contributed by atoms with Gasteiger partial charge in [-0.05, 0) is 12.0 Å². The van der Waals surface area contributed by atoms with E-state index in [4.69, 9.17) is 11.6 Å². The molecule has 2 aromatic rings. The fourth-order valence-electron chi connectivity index (χ4n) is 1.33. The molecule has 0 radical (unpaired) electrons. The zero-order valence-electron chi connectivity index (χ0n) is 8.95. The number of nitrogens with one attached hydrogen (secondary N) is 1. The van der Waals surface area contributed by atoms with Crippen molar-refractivity contribution in [1.82, 2.24) is 9.97 Å². The molecule has 0 bridgehead atoms. The monoisotopic (exact) mass is 254 g/mol. The predicted molar refractivity (Wildman–Crippen MR) is 67.3 cm³/mol.